The predicted octanol–water partition coefficient (Wildman–Crippen LogP) is 2.74. The minimum absolute atomic E-state index is 0.0643. The summed E-state index contributed by atoms with van der Waals surface area (Å²) in [6.45, 7) is 7.62. The Bertz CT molecular complexity index is 270. The van der Waals surface area contributed by atoms with Gasteiger partial charge in [-0.15, -0.1) is 6.58 Å². The molecule has 0 spiro atoms. The number of aliphatic carboxylic acids is 1. The van der Waals surface area contributed by atoms with E-state index in [2.05, 4.69) is 11.9 Å². The maximum absolute atomic E-state index is 12.0. The van der Waals surface area contributed by atoms with Gasteiger partial charge in [-0.25, -0.2) is 4.79 Å². The molecule has 0 aromatic carbocycles. The Kier molecular flexibility index (Phi) is 8.97. The summed E-state index contributed by atoms with van der Waals surface area (Å²) in [6.07, 6.45) is 6.14. The van der Waals surface area contributed by atoms with Crippen LogP contribution in [0.4, 0.5) is 0 Å². The van der Waals surface area contributed by atoms with Crippen molar-refractivity contribution in [3.05, 3.63) is 12.7 Å². The Morgan fingerprint density at radius 1 is 1.22 bits per heavy atom. The van der Waals surface area contributed by atoms with Crippen LogP contribution in [0.25, 0.3) is 0 Å². The van der Waals surface area contributed by atoms with Gasteiger partial charge < -0.3 is 10.4 Å². The molecule has 1 unspecified atom stereocenters. The number of carboxylic acid groups (broad SMARTS) is 1. The quantitative estimate of drug-likeness (QED) is 0.590. The highest BCUT2D eigenvalue weighted by Gasteiger charge is 2.23. The first-order valence-corrected chi connectivity index (χ1v) is 6.70. The van der Waals surface area contributed by atoms with Gasteiger partial charge in [0, 0.05) is 5.92 Å². The molecule has 104 valence electrons. The van der Waals surface area contributed by atoms with Crippen molar-refractivity contribution < 1.29 is 14.7 Å². The van der Waals surface area contributed by atoms with E-state index in [9.17, 15) is 9.59 Å². The van der Waals surface area contributed by atoms with E-state index >= 15 is 0 Å². The largest absolute Gasteiger partial charge is 0.480 e. The normalized spacial score (nSPS) is 12.2. The molecule has 2 N–H and O–H groups in total. The average molecular weight is 255 g/mol. The number of hydrogen-bond acceptors (Lipinski definition) is 2. The van der Waals surface area contributed by atoms with E-state index in [0.717, 1.165) is 25.7 Å². The number of amides is 1. The molecule has 18 heavy (non-hydrogen) atoms. The molecule has 0 aliphatic rings. The Morgan fingerprint density at radius 3 is 2.17 bits per heavy atom. The van der Waals surface area contributed by atoms with Gasteiger partial charge in [-0.3, -0.25) is 4.79 Å². The SMILES string of the molecule is C=CCCC(NC(=O)C(CCC)CCC)C(=O)O. The van der Waals surface area contributed by atoms with Crippen molar-refractivity contribution in [3.8, 4) is 0 Å². The van der Waals surface area contributed by atoms with Crippen LogP contribution >= 0.6 is 0 Å². The van der Waals surface area contributed by atoms with Crippen LogP contribution in [-0.4, -0.2) is 23.0 Å². The summed E-state index contributed by atoms with van der Waals surface area (Å²) >= 11 is 0. The zero-order valence-corrected chi connectivity index (χ0v) is 11.4. The first-order chi connectivity index (χ1) is 8.56. The van der Waals surface area contributed by atoms with Gasteiger partial charge in [0.1, 0.15) is 6.04 Å². The molecule has 0 bridgehead atoms. The van der Waals surface area contributed by atoms with Crippen molar-refractivity contribution in [2.75, 3.05) is 0 Å². The van der Waals surface area contributed by atoms with Crippen LogP contribution < -0.4 is 5.32 Å². The van der Waals surface area contributed by atoms with Crippen LogP contribution in [0.2, 0.25) is 0 Å². The van der Waals surface area contributed by atoms with Crippen LogP contribution in [0.1, 0.15) is 52.4 Å². The molecule has 0 aliphatic carbocycles. The van der Waals surface area contributed by atoms with Gasteiger partial charge in [0.15, 0.2) is 0 Å². The third-order valence-corrected chi connectivity index (χ3v) is 2.92. The van der Waals surface area contributed by atoms with E-state index in [1.807, 2.05) is 13.8 Å². The number of rotatable bonds is 10. The number of carboxylic acids is 1. The highest BCUT2D eigenvalue weighted by molar-refractivity contribution is 5.84. The van der Waals surface area contributed by atoms with E-state index in [1.54, 1.807) is 6.08 Å². The zero-order chi connectivity index (χ0) is 14.0. The van der Waals surface area contributed by atoms with Crippen LogP contribution in [0.15, 0.2) is 12.7 Å². The number of allylic oxidation sites excluding steroid dienone is 1. The minimum atomic E-state index is -0.975. The van der Waals surface area contributed by atoms with Crippen molar-refractivity contribution in [1.82, 2.24) is 5.32 Å². The van der Waals surface area contributed by atoms with Gasteiger partial charge in [0.25, 0.3) is 0 Å². The molecule has 0 aliphatic heterocycles. The number of hydrogen-bond donors (Lipinski definition) is 2. The van der Waals surface area contributed by atoms with Crippen LogP contribution in [0.5, 0.6) is 0 Å². The van der Waals surface area contributed by atoms with Crippen molar-refractivity contribution in [2.24, 2.45) is 5.92 Å². The van der Waals surface area contributed by atoms with Gasteiger partial charge >= 0.3 is 5.97 Å². The van der Waals surface area contributed by atoms with E-state index < -0.39 is 12.0 Å². The topological polar surface area (TPSA) is 66.4 Å². The first-order valence-electron chi connectivity index (χ1n) is 6.70. The molecule has 4 heteroatoms. The molecule has 1 atom stereocenters. The summed E-state index contributed by atoms with van der Waals surface area (Å²) in [7, 11) is 0. The van der Waals surface area contributed by atoms with Gasteiger partial charge in [-0.1, -0.05) is 32.8 Å². The molecule has 0 saturated heterocycles. The van der Waals surface area contributed by atoms with E-state index in [-0.39, 0.29) is 11.8 Å². The van der Waals surface area contributed by atoms with E-state index in [4.69, 9.17) is 5.11 Å². The number of carbonyl (C=O) groups is 2. The van der Waals surface area contributed by atoms with Gasteiger partial charge in [-0.05, 0) is 25.7 Å². The third kappa shape index (κ3) is 6.42. The highest BCUT2D eigenvalue weighted by atomic mass is 16.4. The first kappa shape index (κ1) is 16.7. The minimum Gasteiger partial charge on any atom is -0.480 e. The molecule has 0 aromatic rings. The molecular formula is C14H25NO3. The van der Waals surface area contributed by atoms with Crippen LogP contribution in [0.3, 0.4) is 0 Å². The fraction of sp³-hybridized carbons (Fsp3) is 0.714. The summed E-state index contributed by atoms with van der Waals surface area (Å²) in [5.74, 6) is -1.17. The van der Waals surface area contributed by atoms with Gasteiger partial charge in [-0.2, -0.15) is 0 Å². The van der Waals surface area contributed by atoms with E-state index in [1.165, 1.54) is 0 Å². The molecule has 0 saturated carbocycles. The Hall–Kier alpha value is -1.32. The van der Waals surface area contributed by atoms with Crippen molar-refractivity contribution in [2.45, 2.75) is 58.4 Å². The van der Waals surface area contributed by atoms with Crippen molar-refractivity contribution >= 4 is 11.9 Å². The maximum atomic E-state index is 12.0. The second-order valence-corrected chi connectivity index (χ2v) is 4.54. The Morgan fingerprint density at radius 2 is 1.78 bits per heavy atom. The van der Waals surface area contributed by atoms with Crippen molar-refractivity contribution in [3.63, 3.8) is 0 Å². The Balaban J connectivity index is 4.43. The molecule has 4 nitrogen and oxygen atoms in total. The second-order valence-electron chi connectivity index (χ2n) is 4.54. The molecule has 1 amide bonds. The smallest absolute Gasteiger partial charge is 0.326 e. The second kappa shape index (κ2) is 9.68. The summed E-state index contributed by atoms with van der Waals surface area (Å²) < 4.78 is 0. The average Bonchev–Trinajstić information content (AvgIpc) is 2.33. The summed E-state index contributed by atoms with van der Waals surface area (Å²) in [4.78, 5) is 23.0. The van der Waals surface area contributed by atoms with Crippen molar-refractivity contribution in [1.29, 1.82) is 0 Å². The number of carbonyl (C=O) groups excluding carboxylic acids is 1. The lowest BCUT2D eigenvalue weighted by atomic mass is 9.96. The van der Waals surface area contributed by atoms with Gasteiger partial charge in [0.2, 0.25) is 5.91 Å². The fourth-order valence-corrected chi connectivity index (χ4v) is 1.93. The monoisotopic (exact) mass is 255 g/mol. The predicted molar refractivity (Wildman–Crippen MR) is 72.3 cm³/mol. The van der Waals surface area contributed by atoms with Gasteiger partial charge in [0.05, 0.1) is 0 Å². The molecule has 0 aromatic heterocycles. The molecule has 0 radical (unpaired) electrons. The molecule has 0 fully saturated rings. The fourth-order valence-electron chi connectivity index (χ4n) is 1.93. The summed E-state index contributed by atoms with van der Waals surface area (Å²) in [6, 6.07) is -0.799. The lowest BCUT2D eigenvalue weighted by molar-refractivity contribution is -0.142. The summed E-state index contributed by atoms with van der Waals surface area (Å²) in [5, 5.41) is 11.7. The highest BCUT2D eigenvalue weighted by Crippen LogP contribution is 2.14. The Labute approximate surface area is 109 Å². The lowest BCUT2D eigenvalue weighted by Crippen LogP contribution is -2.43. The number of nitrogens with one attached hydrogen (secondary N) is 1. The maximum Gasteiger partial charge on any atom is 0.326 e. The van der Waals surface area contributed by atoms with Crippen LogP contribution in [0, 0.1) is 5.92 Å². The molecular weight excluding hydrogens is 230 g/mol. The standard InChI is InChI=1S/C14H25NO3/c1-4-7-10-12(14(17)18)15-13(16)11(8-5-2)9-6-3/h4,11-12H,1,5-10H2,2-3H3,(H,15,16)(H,17,18). The molecule has 0 rings (SSSR count). The molecule has 0 heterocycles. The van der Waals surface area contributed by atoms with E-state index in [0.29, 0.717) is 12.8 Å². The zero-order valence-electron chi connectivity index (χ0n) is 11.4. The third-order valence-electron chi connectivity index (χ3n) is 2.92. The summed E-state index contributed by atoms with van der Waals surface area (Å²) in [5.41, 5.74) is 0. The lowest BCUT2D eigenvalue weighted by Gasteiger charge is -2.19. The van der Waals surface area contributed by atoms with Crippen LogP contribution in [-0.2, 0) is 9.59 Å².